The van der Waals surface area contributed by atoms with Gasteiger partial charge in [0.2, 0.25) is 0 Å². The Hall–Kier alpha value is -0.560. The average molecular weight is 356 g/mol. The van der Waals surface area contributed by atoms with Crippen molar-refractivity contribution in [3.63, 3.8) is 0 Å². The first-order valence-corrected chi connectivity index (χ1v) is 8.12. The number of hydrogen-bond donors (Lipinski definition) is 1. The summed E-state index contributed by atoms with van der Waals surface area (Å²) < 4.78 is 31.8. The van der Waals surface area contributed by atoms with Gasteiger partial charge in [-0.05, 0) is 30.6 Å². The van der Waals surface area contributed by atoms with E-state index in [0.717, 1.165) is 0 Å². The van der Waals surface area contributed by atoms with Crippen LogP contribution in [0.1, 0.15) is 27.7 Å². The van der Waals surface area contributed by atoms with Gasteiger partial charge in [-0.1, -0.05) is 0 Å². The normalized spacial score (nSPS) is 13.3. The Kier molecular flexibility index (Phi) is 9.94. The zero-order chi connectivity index (χ0) is 16.5. The highest BCUT2D eigenvalue weighted by Crippen LogP contribution is 2.42. The lowest BCUT2D eigenvalue weighted by atomic mass is 10.4. The number of isothiocyanates is 1. The Balaban J connectivity index is 4.17. The van der Waals surface area contributed by atoms with Gasteiger partial charge < -0.3 is 14.2 Å². The molecule has 0 fully saturated rings. The standard InChI is InChI=1S/C11H18NO6PS2/c1-8(2)18-19(14)11(3,4)17-9(21)5-15-10(13)16-6-12-7-20/h8-9H,5-6H2,1-4H3/p+1/t9-/m1/s1. The third kappa shape index (κ3) is 9.90. The van der Waals surface area contributed by atoms with E-state index < -0.39 is 25.0 Å². The van der Waals surface area contributed by atoms with E-state index in [-0.39, 0.29) is 19.4 Å². The predicted octanol–water partition coefficient (Wildman–Crippen LogP) is 3.38. The van der Waals surface area contributed by atoms with Gasteiger partial charge >= 0.3 is 14.2 Å². The van der Waals surface area contributed by atoms with E-state index in [1.54, 1.807) is 27.7 Å². The number of hydrogen-bond acceptors (Lipinski definition) is 9. The number of nitrogens with zero attached hydrogens (tertiary/aromatic N) is 1. The molecule has 0 amide bonds. The van der Waals surface area contributed by atoms with Crippen LogP contribution in [-0.4, -0.2) is 41.5 Å². The molecule has 0 saturated carbocycles. The molecule has 0 aromatic rings. The highest BCUT2D eigenvalue weighted by Gasteiger charge is 2.45. The molecule has 21 heavy (non-hydrogen) atoms. The van der Waals surface area contributed by atoms with Crippen molar-refractivity contribution in [2.24, 2.45) is 4.99 Å². The van der Waals surface area contributed by atoms with Crippen LogP contribution in [0.4, 0.5) is 4.79 Å². The number of carbonyl (C=O) groups excluding carboxylic acids is 1. The van der Waals surface area contributed by atoms with Crippen molar-refractivity contribution in [2.45, 2.75) is 44.6 Å². The van der Waals surface area contributed by atoms with Gasteiger partial charge in [-0.2, -0.15) is 4.99 Å². The molecule has 0 bridgehead atoms. The summed E-state index contributed by atoms with van der Waals surface area (Å²) in [7, 11) is -2.06. The number of ether oxygens (including phenoxy) is 3. The Morgan fingerprint density at radius 1 is 1.43 bits per heavy atom. The van der Waals surface area contributed by atoms with Gasteiger partial charge in [0.1, 0.15) is 18.1 Å². The molecule has 0 saturated heterocycles. The van der Waals surface area contributed by atoms with Crippen LogP contribution < -0.4 is 0 Å². The first-order valence-electron chi connectivity index (χ1n) is 6.02. The van der Waals surface area contributed by atoms with Crippen LogP contribution in [-0.2, 0) is 23.3 Å². The van der Waals surface area contributed by atoms with E-state index in [9.17, 15) is 9.36 Å². The monoisotopic (exact) mass is 356 g/mol. The Bertz CT molecular complexity index is 412. The molecule has 0 spiro atoms. The van der Waals surface area contributed by atoms with Gasteiger partial charge in [0.05, 0.1) is 5.16 Å². The van der Waals surface area contributed by atoms with E-state index in [0.29, 0.717) is 0 Å². The number of thiol groups is 1. The van der Waals surface area contributed by atoms with Crippen LogP contribution in [0.3, 0.4) is 0 Å². The van der Waals surface area contributed by atoms with Crippen LogP contribution >= 0.6 is 32.9 Å². The zero-order valence-corrected chi connectivity index (χ0v) is 14.9. The van der Waals surface area contributed by atoms with Gasteiger partial charge in [-0.25, -0.2) is 4.79 Å². The Labute approximate surface area is 135 Å². The topological polar surface area (TPSA) is 83.4 Å². The fourth-order valence-corrected chi connectivity index (χ4v) is 2.34. The molecule has 0 radical (unpaired) electrons. The molecular formula is C11H19NO6PS2+. The maximum Gasteiger partial charge on any atom is 0.543 e. The van der Waals surface area contributed by atoms with Gasteiger partial charge in [-0.15, -0.1) is 17.2 Å². The highest BCUT2D eigenvalue weighted by molar-refractivity contribution is 7.80. The molecule has 0 aliphatic rings. The first kappa shape index (κ1) is 20.4. The van der Waals surface area contributed by atoms with E-state index in [2.05, 4.69) is 34.6 Å². The van der Waals surface area contributed by atoms with Crippen LogP contribution in [0.5, 0.6) is 0 Å². The molecule has 0 aromatic heterocycles. The number of rotatable bonds is 9. The molecule has 10 heteroatoms. The van der Waals surface area contributed by atoms with Crippen molar-refractivity contribution in [1.82, 2.24) is 0 Å². The predicted molar refractivity (Wildman–Crippen MR) is 84.1 cm³/mol. The second-order valence-corrected chi connectivity index (χ2v) is 7.07. The lowest BCUT2D eigenvalue weighted by Gasteiger charge is -2.19. The van der Waals surface area contributed by atoms with Crippen molar-refractivity contribution in [3.8, 4) is 0 Å². The quantitative estimate of drug-likeness (QED) is 0.169. The fraction of sp³-hybridized carbons (Fsp3) is 0.818. The molecule has 120 valence electrons. The lowest BCUT2D eigenvalue weighted by molar-refractivity contribution is -0.0234. The highest BCUT2D eigenvalue weighted by atomic mass is 32.1. The second kappa shape index (κ2) is 10.2. The van der Waals surface area contributed by atoms with Gasteiger partial charge in [-0.3, -0.25) is 0 Å². The van der Waals surface area contributed by atoms with Crippen LogP contribution in [0, 0.1) is 0 Å². The smallest absolute Gasteiger partial charge is 0.431 e. The summed E-state index contributed by atoms with van der Waals surface area (Å²) in [5.74, 6) is 0. The molecule has 0 aliphatic carbocycles. The third-order valence-electron chi connectivity index (χ3n) is 1.83. The molecule has 0 aliphatic heterocycles. The summed E-state index contributed by atoms with van der Waals surface area (Å²) >= 11 is 8.40. The third-order valence-corrected chi connectivity index (χ3v) is 3.81. The Morgan fingerprint density at radius 2 is 2.05 bits per heavy atom. The first-order chi connectivity index (χ1) is 9.69. The SMILES string of the molecule is CC(C)O[P+](=O)C(C)(C)O[C@H](S)COC(=O)OCN=C=S. The number of carbonyl (C=O) groups is 1. The van der Waals surface area contributed by atoms with E-state index in [1.807, 2.05) is 5.16 Å². The minimum atomic E-state index is -2.06. The van der Waals surface area contributed by atoms with Crippen LogP contribution in [0.15, 0.2) is 4.99 Å². The molecule has 2 atom stereocenters. The van der Waals surface area contributed by atoms with Crippen molar-refractivity contribution >= 4 is 44.2 Å². The summed E-state index contributed by atoms with van der Waals surface area (Å²) in [6, 6.07) is 0. The molecule has 0 aromatic carbocycles. The summed E-state index contributed by atoms with van der Waals surface area (Å²) in [6.07, 6.45) is -1.13. The number of aliphatic imine (C=N–C) groups is 1. The van der Waals surface area contributed by atoms with E-state index in [1.165, 1.54) is 0 Å². The van der Waals surface area contributed by atoms with E-state index >= 15 is 0 Å². The van der Waals surface area contributed by atoms with Crippen LogP contribution in [0.2, 0.25) is 0 Å². The minimum Gasteiger partial charge on any atom is -0.431 e. The van der Waals surface area contributed by atoms with Crippen molar-refractivity contribution in [1.29, 1.82) is 0 Å². The molecule has 0 heterocycles. The van der Waals surface area contributed by atoms with E-state index in [4.69, 9.17) is 14.0 Å². The van der Waals surface area contributed by atoms with Crippen LogP contribution in [0.25, 0.3) is 0 Å². The van der Waals surface area contributed by atoms with Gasteiger partial charge in [0, 0.05) is 13.8 Å². The zero-order valence-electron chi connectivity index (χ0n) is 12.3. The van der Waals surface area contributed by atoms with Crippen molar-refractivity contribution in [2.75, 3.05) is 13.3 Å². The lowest BCUT2D eigenvalue weighted by Crippen LogP contribution is -2.29. The summed E-state index contributed by atoms with van der Waals surface area (Å²) in [5.41, 5.74) is -0.781. The summed E-state index contributed by atoms with van der Waals surface area (Å²) in [5, 5.41) is 0.968. The van der Waals surface area contributed by atoms with Gasteiger partial charge in [0.15, 0.2) is 6.73 Å². The maximum atomic E-state index is 11.9. The summed E-state index contributed by atoms with van der Waals surface area (Å²) in [4.78, 5) is 14.5. The molecule has 7 nitrogen and oxygen atoms in total. The fourth-order valence-electron chi connectivity index (χ4n) is 1.02. The van der Waals surface area contributed by atoms with Crippen molar-refractivity contribution in [3.05, 3.63) is 0 Å². The number of thiocarbonyl (C=S) groups is 1. The maximum absolute atomic E-state index is 11.9. The molecular weight excluding hydrogens is 337 g/mol. The molecule has 0 rings (SSSR count). The Morgan fingerprint density at radius 3 is 2.57 bits per heavy atom. The molecule has 0 N–H and O–H groups in total. The molecule has 1 unspecified atom stereocenters. The largest absolute Gasteiger partial charge is 0.543 e. The summed E-state index contributed by atoms with van der Waals surface area (Å²) in [6.45, 7) is 6.29. The average Bonchev–Trinajstić information content (AvgIpc) is 2.35. The van der Waals surface area contributed by atoms with Gasteiger partial charge in [0.25, 0.3) is 5.34 Å². The second-order valence-electron chi connectivity index (χ2n) is 4.51. The van der Waals surface area contributed by atoms with Crippen molar-refractivity contribution < 1.29 is 28.1 Å². The minimum absolute atomic E-state index is 0.183.